The van der Waals surface area contributed by atoms with Gasteiger partial charge in [0.1, 0.15) is 5.82 Å². The molecule has 7 heteroatoms. The largest absolute Gasteiger partial charge is 0.271 e. The first kappa shape index (κ1) is 14.6. The normalized spacial score (nSPS) is 10.8. The second kappa shape index (κ2) is 5.48. The predicted molar refractivity (Wildman–Crippen MR) is 91.4 cm³/mol. The van der Waals surface area contributed by atoms with Crippen molar-refractivity contribution < 1.29 is 4.92 Å². The highest BCUT2D eigenvalue weighted by molar-refractivity contribution is 14.1. The molecule has 1 aromatic heterocycles. The number of hydrogen-bond acceptors (Lipinski definition) is 4. The summed E-state index contributed by atoms with van der Waals surface area (Å²) in [6, 6.07) is 11.6. The lowest BCUT2D eigenvalue weighted by Gasteiger charge is -2.10. The summed E-state index contributed by atoms with van der Waals surface area (Å²) in [7, 11) is 0. The molecule has 1 heterocycles. The van der Waals surface area contributed by atoms with Crippen molar-refractivity contribution in [1.82, 2.24) is 9.55 Å². The molecule has 3 rings (SSSR count). The van der Waals surface area contributed by atoms with Gasteiger partial charge in [0.15, 0.2) is 0 Å². The second-order valence-electron chi connectivity index (χ2n) is 4.73. The zero-order valence-electron chi connectivity index (χ0n) is 11.5. The van der Waals surface area contributed by atoms with Crippen molar-refractivity contribution in [1.29, 1.82) is 0 Å². The Morgan fingerprint density at radius 1 is 1.18 bits per heavy atom. The van der Waals surface area contributed by atoms with Crippen molar-refractivity contribution in [2.75, 3.05) is 0 Å². The quantitative estimate of drug-likeness (QED) is 0.371. The number of hydrogen-bond donors (Lipinski definition) is 0. The third-order valence-electron chi connectivity index (χ3n) is 3.32. The van der Waals surface area contributed by atoms with Crippen LogP contribution in [0.15, 0.2) is 47.3 Å². The Kier molecular flexibility index (Phi) is 3.65. The smallest absolute Gasteiger partial charge is 0.268 e. The maximum Gasteiger partial charge on any atom is 0.271 e. The molecule has 0 aliphatic carbocycles. The average molecular weight is 407 g/mol. The van der Waals surface area contributed by atoms with Crippen molar-refractivity contribution in [2.45, 2.75) is 6.92 Å². The third-order valence-corrected chi connectivity index (χ3v) is 4.04. The summed E-state index contributed by atoms with van der Waals surface area (Å²) in [5.74, 6) is 0.485. The Hall–Kier alpha value is -2.29. The molecule has 0 atom stereocenters. The molecular weight excluding hydrogens is 397 g/mol. The van der Waals surface area contributed by atoms with Crippen LogP contribution in [-0.4, -0.2) is 14.5 Å². The van der Waals surface area contributed by atoms with Crippen LogP contribution in [0.5, 0.6) is 0 Å². The fourth-order valence-electron chi connectivity index (χ4n) is 2.29. The lowest BCUT2D eigenvalue weighted by Crippen LogP contribution is -2.22. The summed E-state index contributed by atoms with van der Waals surface area (Å²) in [4.78, 5) is 27.3. The van der Waals surface area contributed by atoms with E-state index in [0.29, 0.717) is 16.7 Å². The van der Waals surface area contributed by atoms with Gasteiger partial charge in [0.05, 0.1) is 21.5 Å². The number of non-ortho nitro benzene ring substituents is 1. The summed E-state index contributed by atoms with van der Waals surface area (Å²) in [5.41, 5.74) is 0.735. The van der Waals surface area contributed by atoms with E-state index in [-0.39, 0.29) is 11.2 Å². The van der Waals surface area contributed by atoms with Gasteiger partial charge in [-0.3, -0.25) is 19.5 Å². The van der Waals surface area contributed by atoms with Crippen molar-refractivity contribution in [2.24, 2.45) is 0 Å². The molecule has 0 unspecified atom stereocenters. The van der Waals surface area contributed by atoms with Crippen LogP contribution in [0, 0.1) is 20.6 Å². The number of nitro groups is 1. The molecule has 0 aliphatic rings. The van der Waals surface area contributed by atoms with Crippen LogP contribution in [0.4, 0.5) is 5.69 Å². The number of rotatable bonds is 2. The summed E-state index contributed by atoms with van der Waals surface area (Å²) in [6.07, 6.45) is 0. The maximum absolute atomic E-state index is 12.7. The maximum atomic E-state index is 12.7. The molecule has 0 N–H and O–H groups in total. The van der Waals surface area contributed by atoms with E-state index in [1.807, 2.05) is 24.3 Å². The van der Waals surface area contributed by atoms with Crippen LogP contribution >= 0.6 is 22.6 Å². The molecule has 3 aromatic rings. The number of aryl methyl sites for hydroxylation is 1. The van der Waals surface area contributed by atoms with Crippen molar-refractivity contribution in [3.05, 3.63) is 72.3 Å². The summed E-state index contributed by atoms with van der Waals surface area (Å²) in [6.45, 7) is 1.71. The molecule has 0 aliphatic heterocycles. The number of aromatic nitrogens is 2. The molecule has 0 spiro atoms. The minimum Gasteiger partial charge on any atom is -0.268 e. The lowest BCUT2D eigenvalue weighted by molar-refractivity contribution is -0.384. The molecule has 0 saturated carbocycles. The number of benzene rings is 2. The van der Waals surface area contributed by atoms with Crippen molar-refractivity contribution >= 4 is 39.2 Å². The molecule has 0 fully saturated rings. The zero-order valence-corrected chi connectivity index (χ0v) is 13.6. The SMILES string of the molecule is Cc1nc2cc([N+](=O)[O-])ccc2c(=O)n1-c1ccc(I)cc1. The molecule has 110 valence electrons. The van der Waals surface area contributed by atoms with E-state index >= 15 is 0 Å². The third kappa shape index (κ3) is 2.47. The van der Waals surface area contributed by atoms with Gasteiger partial charge in [-0.1, -0.05) is 0 Å². The topological polar surface area (TPSA) is 78.0 Å². The van der Waals surface area contributed by atoms with Gasteiger partial charge in [-0.2, -0.15) is 0 Å². The highest BCUT2D eigenvalue weighted by Crippen LogP contribution is 2.19. The van der Waals surface area contributed by atoms with E-state index in [0.717, 1.165) is 9.26 Å². The minimum atomic E-state index is -0.499. The van der Waals surface area contributed by atoms with Gasteiger partial charge in [-0.05, 0) is 59.8 Å². The van der Waals surface area contributed by atoms with E-state index < -0.39 is 4.92 Å². The first-order chi connectivity index (χ1) is 10.5. The Bertz CT molecular complexity index is 949. The van der Waals surface area contributed by atoms with E-state index in [1.165, 1.54) is 22.8 Å². The van der Waals surface area contributed by atoms with Gasteiger partial charge in [0, 0.05) is 15.7 Å². The number of fused-ring (bicyclic) bond motifs is 1. The lowest BCUT2D eigenvalue weighted by atomic mass is 10.2. The highest BCUT2D eigenvalue weighted by Gasteiger charge is 2.13. The summed E-state index contributed by atoms with van der Waals surface area (Å²) < 4.78 is 2.57. The van der Waals surface area contributed by atoms with Gasteiger partial charge in [0.2, 0.25) is 0 Å². The van der Waals surface area contributed by atoms with E-state index in [1.54, 1.807) is 6.92 Å². The first-order valence-electron chi connectivity index (χ1n) is 6.41. The summed E-state index contributed by atoms with van der Waals surface area (Å²) >= 11 is 2.19. The monoisotopic (exact) mass is 407 g/mol. The first-order valence-corrected chi connectivity index (χ1v) is 7.49. The van der Waals surface area contributed by atoms with Gasteiger partial charge in [-0.25, -0.2) is 4.98 Å². The number of nitrogens with zero attached hydrogens (tertiary/aromatic N) is 3. The Labute approximate surface area is 138 Å². The number of nitro benzene ring substituents is 1. The molecule has 2 aromatic carbocycles. The van der Waals surface area contributed by atoms with Gasteiger partial charge in [0.25, 0.3) is 11.2 Å². The molecule has 0 amide bonds. The van der Waals surface area contributed by atoms with E-state index in [4.69, 9.17) is 0 Å². The van der Waals surface area contributed by atoms with E-state index in [2.05, 4.69) is 27.6 Å². The van der Waals surface area contributed by atoms with E-state index in [9.17, 15) is 14.9 Å². The molecule has 6 nitrogen and oxygen atoms in total. The fourth-order valence-corrected chi connectivity index (χ4v) is 2.65. The van der Waals surface area contributed by atoms with Gasteiger partial charge in [-0.15, -0.1) is 0 Å². The van der Waals surface area contributed by atoms with Gasteiger partial charge < -0.3 is 0 Å². The molecule has 0 saturated heterocycles. The van der Waals surface area contributed by atoms with Crippen molar-refractivity contribution in [3.8, 4) is 5.69 Å². The predicted octanol–water partition coefficient (Wildman–Crippen LogP) is 3.21. The molecule has 0 bridgehead atoms. The average Bonchev–Trinajstić information content (AvgIpc) is 2.48. The summed E-state index contributed by atoms with van der Waals surface area (Å²) in [5, 5.41) is 11.2. The van der Waals surface area contributed by atoms with Crippen LogP contribution in [0.25, 0.3) is 16.6 Å². The van der Waals surface area contributed by atoms with Crippen LogP contribution in [-0.2, 0) is 0 Å². The van der Waals surface area contributed by atoms with Crippen LogP contribution < -0.4 is 5.56 Å². The second-order valence-corrected chi connectivity index (χ2v) is 5.98. The van der Waals surface area contributed by atoms with Crippen molar-refractivity contribution in [3.63, 3.8) is 0 Å². The Balaban J connectivity index is 2.29. The zero-order chi connectivity index (χ0) is 15.9. The number of halogens is 1. The fraction of sp³-hybridized carbons (Fsp3) is 0.0667. The molecule has 22 heavy (non-hydrogen) atoms. The minimum absolute atomic E-state index is 0.0779. The molecular formula is C15H10IN3O3. The van der Waals surface area contributed by atoms with Crippen LogP contribution in [0.2, 0.25) is 0 Å². The van der Waals surface area contributed by atoms with Crippen LogP contribution in [0.1, 0.15) is 5.82 Å². The van der Waals surface area contributed by atoms with Gasteiger partial charge >= 0.3 is 0 Å². The Morgan fingerprint density at radius 2 is 1.86 bits per heavy atom. The highest BCUT2D eigenvalue weighted by atomic mass is 127. The molecule has 0 radical (unpaired) electrons. The van der Waals surface area contributed by atoms with Crippen LogP contribution in [0.3, 0.4) is 0 Å². The Morgan fingerprint density at radius 3 is 2.50 bits per heavy atom. The standard InChI is InChI=1S/C15H10IN3O3/c1-9-17-14-8-12(19(21)22)6-7-13(14)15(20)18(9)11-4-2-10(16)3-5-11/h2-8H,1H3.